The Kier molecular flexibility index (Phi) is 4.32. The highest BCUT2D eigenvalue weighted by Gasteiger charge is 2.54. The van der Waals surface area contributed by atoms with E-state index in [1.54, 1.807) is 0 Å². The molecule has 1 aromatic carbocycles. The minimum Gasteiger partial charge on any atom is -0.508 e. The number of benzene rings is 1. The fourth-order valence-corrected chi connectivity index (χ4v) is 6.55. The number of aryl methyl sites for hydroxylation is 1. The first-order valence-electron chi connectivity index (χ1n) is 10.7. The van der Waals surface area contributed by atoms with Crippen LogP contribution in [0.1, 0.15) is 61.6 Å². The molecule has 146 valence electrons. The van der Waals surface area contributed by atoms with Gasteiger partial charge in [-0.25, -0.2) is 0 Å². The molecule has 0 radical (unpaired) electrons. The number of phenols is 1. The highest BCUT2D eigenvalue weighted by atomic mass is 16.5. The van der Waals surface area contributed by atoms with Crippen molar-refractivity contribution < 1.29 is 14.6 Å². The van der Waals surface area contributed by atoms with E-state index in [1.807, 2.05) is 6.07 Å². The van der Waals surface area contributed by atoms with Crippen molar-refractivity contribution in [2.75, 3.05) is 26.3 Å². The summed E-state index contributed by atoms with van der Waals surface area (Å²) >= 11 is 0. The lowest BCUT2D eigenvalue weighted by molar-refractivity contribution is -0.129. The molecule has 3 aliphatic carbocycles. The normalized spacial score (nSPS) is 36.2. The SMILES string of the molecule is C[C@@]12CC[C@@H]3c4cc(CN5CCOCC5)c(O)cc4CC[C@@H]3[C@@H]1CCC2=O. The second-order valence-electron chi connectivity index (χ2n) is 9.40. The van der Waals surface area contributed by atoms with Crippen molar-refractivity contribution in [2.45, 2.75) is 57.9 Å². The first-order chi connectivity index (χ1) is 13.1. The smallest absolute Gasteiger partial charge is 0.139 e. The first-order valence-corrected chi connectivity index (χ1v) is 10.7. The van der Waals surface area contributed by atoms with Crippen molar-refractivity contribution in [2.24, 2.45) is 17.3 Å². The summed E-state index contributed by atoms with van der Waals surface area (Å²) < 4.78 is 5.46. The fraction of sp³-hybridized carbons (Fsp3) is 0.696. The largest absolute Gasteiger partial charge is 0.508 e. The Morgan fingerprint density at radius 3 is 2.81 bits per heavy atom. The number of hydrogen-bond acceptors (Lipinski definition) is 4. The number of Topliss-reactive ketones (excluding diaryl/α,β-unsaturated/α-hetero) is 1. The minimum absolute atomic E-state index is 0.0633. The summed E-state index contributed by atoms with van der Waals surface area (Å²) in [5.74, 6) is 2.74. The molecule has 0 unspecified atom stereocenters. The highest BCUT2D eigenvalue weighted by Crippen LogP contribution is 2.59. The van der Waals surface area contributed by atoms with Gasteiger partial charge in [-0.2, -0.15) is 0 Å². The molecule has 1 N–H and O–H groups in total. The second-order valence-corrected chi connectivity index (χ2v) is 9.40. The molecule has 4 nitrogen and oxygen atoms in total. The third-order valence-electron chi connectivity index (χ3n) is 8.13. The predicted octanol–water partition coefficient (Wildman–Crippen LogP) is 3.65. The monoisotopic (exact) mass is 369 g/mol. The summed E-state index contributed by atoms with van der Waals surface area (Å²) in [4.78, 5) is 14.9. The maximum atomic E-state index is 12.5. The van der Waals surface area contributed by atoms with Crippen LogP contribution >= 0.6 is 0 Å². The number of ketones is 1. The van der Waals surface area contributed by atoms with Gasteiger partial charge in [0.1, 0.15) is 11.5 Å². The lowest BCUT2D eigenvalue weighted by atomic mass is 9.55. The van der Waals surface area contributed by atoms with E-state index in [0.717, 1.165) is 70.5 Å². The Balaban J connectivity index is 1.44. The molecule has 5 rings (SSSR count). The minimum atomic E-state index is -0.0633. The molecule has 2 saturated carbocycles. The van der Waals surface area contributed by atoms with Crippen LogP contribution in [-0.2, 0) is 22.5 Å². The zero-order valence-electron chi connectivity index (χ0n) is 16.4. The van der Waals surface area contributed by atoms with Gasteiger partial charge in [0.25, 0.3) is 0 Å². The molecule has 1 aliphatic heterocycles. The number of hydrogen-bond donors (Lipinski definition) is 1. The number of fused-ring (bicyclic) bond motifs is 5. The third kappa shape index (κ3) is 2.84. The standard InChI is InChI=1S/C23H31NO3/c1-23-7-6-17-18(20(23)4-5-22(23)26)3-2-15-13-21(25)16(12-19(15)17)14-24-8-10-27-11-9-24/h12-13,17-18,20,25H,2-11,14H2,1H3/t17-,18-,20-,23+/m0/s1. The summed E-state index contributed by atoms with van der Waals surface area (Å²) in [6.07, 6.45) is 6.25. The van der Waals surface area contributed by atoms with E-state index in [9.17, 15) is 9.90 Å². The van der Waals surface area contributed by atoms with Gasteiger partial charge in [0, 0.05) is 37.0 Å². The van der Waals surface area contributed by atoms with E-state index in [0.29, 0.717) is 29.3 Å². The van der Waals surface area contributed by atoms with Crippen LogP contribution in [0.3, 0.4) is 0 Å². The van der Waals surface area contributed by atoms with Crippen LogP contribution in [0.15, 0.2) is 12.1 Å². The van der Waals surface area contributed by atoms with Crippen LogP contribution in [0.4, 0.5) is 0 Å². The average molecular weight is 370 g/mol. The lowest BCUT2D eigenvalue weighted by Crippen LogP contribution is -2.42. The van der Waals surface area contributed by atoms with Gasteiger partial charge >= 0.3 is 0 Å². The number of morpholine rings is 1. The molecule has 4 aliphatic rings. The van der Waals surface area contributed by atoms with Crippen LogP contribution in [0, 0.1) is 17.3 Å². The first kappa shape index (κ1) is 17.7. The van der Waals surface area contributed by atoms with E-state index in [1.165, 1.54) is 17.5 Å². The molecule has 4 atom stereocenters. The number of carbonyl (C=O) groups excluding carboxylic acids is 1. The van der Waals surface area contributed by atoms with E-state index in [-0.39, 0.29) is 5.41 Å². The Hall–Kier alpha value is -1.39. The molecular formula is C23H31NO3. The van der Waals surface area contributed by atoms with Gasteiger partial charge in [-0.3, -0.25) is 9.69 Å². The number of ether oxygens (including phenoxy) is 1. The van der Waals surface area contributed by atoms with Crippen molar-refractivity contribution in [3.63, 3.8) is 0 Å². The quantitative estimate of drug-likeness (QED) is 0.865. The van der Waals surface area contributed by atoms with Crippen LogP contribution in [-0.4, -0.2) is 42.1 Å². The Labute approximate surface area is 161 Å². The van der Waals surface area contributed by atoms with E-state index in [4.69, 9.17) is 4.74 Å². The molecule has 3 fully saturated rings. The number of rotatable bonds is 2. The van der Waals surface area contributed by atoms with Crippen molar-refractivity contribution in [3.8, 4) is 5.75 Å². The molecule has 0 spiro atoms. The number of nitrogens with zero attached hydrogens (tertiary/aromatic N) is 1. The van der Waals surface area contributed by atoms with Gasteiger partial charge in [-0.05, 0) is 67.1 Å². The van der Waals surface area contributed by atoms with E-state index >= 15 is 0 Å². The van der Waals surface area contributed by atoms with Crippen LogP contribution < -0.4 is 0 Å². The zero-order valence-corrected chi connectivity index (χ0v) is 16.4. The van der Waals surface area contributed by atoms with Crippen molar-refractivity contribution in [1.82, 2.24) is 4.90 Å². The molecule has 27 heavy (non-hydrogen) atoms. The van der Waals surface area contributed by atoms with Gasteiger partial charge in [0.15, 0.2) is 0 Å². The average Bonchev–Trinajstić information content (AvgIpc) is 2.98. The topological polar surface area (TPSA) is 49.8 Å². The molecule has 0 aromatic heterocycles. The summed E-state index contributed by atoms with van der Waals surface area (Å²) in [7, 11) is 0. The number of phenolic OH excluding ortho intramolecular Hbond substituents is 1. The Bertz CT molecular complexity index is 754. The Morgan fingerprint density at radius 1 is 1.19 bits per heavy atom. The summed E-state index contributed by atoms with van der Waals surface area (Å²) in [6, 6.07) is 4.34. The molecule has 1 aromatic rings. The fourth-order valence-electron chi connectivity index (χ4n) is 6.55. The molecular weight excluding hydrogens is 338 g/mol. The molecule has 0 bridgehead atoms. The van der Waals surface area contributed by atoms with Gasteiger partial charge in [-0.15, -0.1) is 0 Å². The van der Waals surface area contributed by atoms with Gasteiger partial charge in [-0.1, -0.05) is 13.0 Å². The molecule has 1 heterocycles. The number of carbonyl (C=O) groups is 1. The third-order valence-corrected chi connectivity index (χ3v) is 8.13. The van der Waals surface area contributed by atoms with Gasteiger partial charge in [0.05, 0.1) is 13.2 Å². The zero-order chi connectivity index (χ0) is 18.6. The summed E-state index contributed by atoms with van der Waals surface area (Å²) in [5.41, 5.74) is 3.81. The summed E-state index contributed by atoms with van der Waals surface area (Å²) in [6.45, 7) is 6.48. The predicted molar refractivity (Wildman–Crippen MR) is 104 cm³/mol. The second kappa shape index (κ2) is 6.59. The maximum absolute atomic E-state index is 12.5. The van der Waals surface area contributed by atoms with Gasteiger partial charge < -0.3 is 9.84 Å². The molecule has 1 saturated heterocycles. The van der Waals surface area contributed by atoms with Crippen molar-refractivity contribution >= 4 is 5.78 Å². The summed E-state index contributed by atoms with van der Waals surface area (Å²) in [5, 5.41) is 10.6. The van der Waals surface area contributed by atoms with Gasteiger partial charge in [0.2, 0.25) is 0 Å². The highest BCUT2D eigenvalue weighted by molar-refractivity contribution is 5.87. The van der Waals surface area contributed by atoms with Crippen molar-refractivity contribution in [1.29, 1.82) is 0 Å². The van der Waals surface area contributed by atoms with E-state index in [2.05, 4.69) is 17.9 Å². The number of aromatic hydroxyl groups is 1. The molecule has 4 heteroatoms. The molecule has 0 amide bonds. The van der Waals surface area contributed by atoms with Crippen LogP contribution in [0.25, 0.3) is 0 Å². The lowest BCUT2D eigenvalue weighted by Gasteiger charge is -2.48. The Morgan fingerprint density at radius 2 is 2.00 bits per heavy atom. The van der Waals surface area contributed by atoms with Crippen LogP contribution in [0.5, 0.6) is 5.75 Å². The maximum Gasteiger partial charge on any atom is 0.139 e. The van der Waals surface area contributed by atoms with Crippen molar-refractivity contribution in [3.05, 3.63) is 28.8 Å². The van der Waals surface area contributed by atoms with Crippen LogP contribution in [0.2, 0.25) is 0 Å². The van der Waals surface area contributed by atoms with E-state index < -0.39 is 0 Å².